The lowest BCUT2D eigenvalue weighted by Gasteiger charge is -2.50. The molecule has 2 aromatic carbocycles. The van der Waals surface area contributed by atoms with Crippen LogP contribution in [0.4, 0.5) is 5.69 Å². The molecular formula is C34H38N4O7. The van der Waals surface area contributed by atoms with Crippen molar-refractivity contribution in [3.63, 3.8) is 0 Å². The topological polar surface area (TPSA) is 170 Å². The van der Waals surface area contributed by atoms with Gasteiger partial charge in [0.1, 0.15) is 22.6 Å². The van der Waals surface area contributed by atoms with Crippen LogP contribution in [0, 0.1) is 11.8 Å². The maximum Gasteiger partial charge on any atom is 0.255 e. The van der Waals surface area contributed by atoms with Crippen molar-refractivity contribution in [3.05, 3.63) is 63.9 Å². The first kappa shape index (κ1) is 30.5. The average Bonchev–Trinajstić information content (AvgIpc) is 3.37. The highest BCUT2D eigenvalue weighted by atomic mass is 16.4. The van der Waals surface area contributed by atoms with Crippen LogP contribution in [0.5, 0.6) is 0 Å². The zero-order valence-electron chi connectivity index (χ0n) is 26.4. The summed E-state index contributed by atoms with van der Waals surface area (Å²) < 4.78 is 6.29. The highest BCUT2D eigenvalue weighted by Crippen LogP contribution is 2.53. The van der Waals surface area contributed by atoms with E-state index in [1.54, 1.807) is 14.1 Å². The molecule has 236 valence electrons. The summed E-state index contributed by atoms with van der Waals surface area (Å²) in [7, 11) is 6.91. The molecule has 0 radical (unpaired) electrons. The second-order valence-electron chi connectivity index (χ2n) is 13.8. The number of oxazole rings is 1. The Hall–Kier alpha value is -4.48. The number of aliphatic hydroxyl groups is 3. The molecule has 0 unspecified atom stereocenters. The number of hydrogen-bond acceptors (Lipinski definition) is 10. The number of primary amides is 1. The molecule has 0 spiro atoms. The molecule has 3 aromatic rings. The van der Waals surface area contributed by atoms with Crippen molar-refractivity contribution in [1.29, 1.82) is 0 Å². The molecule has 4 atom stereocenters. The number of hydrogen-bond donors (Lipinski definition) is 4. The third-order valence-corrected chi connectivity index (χ3v) is 9.56. The highest BCUT2D eigenvalue weighted by molar-refractivity contribution is 6.24. The largest absolute Gasteiger partial charge is 0.508 e. The molecule has 3 aliphatic rings. The minimum Gasteiger partial charge on any atom is -0.508 e. The first-order valence-corrected chi connectivity index (χ1v) is 14.9. The van der Waals surface area contributed by atoms with Crippen LogP contribution in [0.15, 0.2) is 51.7 Å². The summed E-state index contributed by atoms with van der Waals surface area (Å²) in [5.74, 6) is -5.84. The van der Waals surface area contributed by atoms with E-state index in [2.05, 4.69) is 20.8 Å². The average molecular weight is 615 g/mol. The van der Waals surface area contributed by atoms with E-state index in [1.807, 2.05) is 49.3 Å². The van der Waals surface area contributed by atoms with E-state index in [1.165, 1.54) is 4.90 Å². The van der Waals surface area contributed by atoms with Gasteiger partial charge in [-0.05, 0) is 67.6 Å². The number of aromatic nitrogens is 1. The Morgan fingerprint density at radius 2 is 1.73 bits per heavy atom. The fraction of sp³-hybridized carbons (Fsp3) is 0.412. The zero-order chi connectivity index (χ0) is 32.9. The maximum atomic E-state index is 14.3. The molecule has 1 heterocycles. The molecule has 1 aromatic heterocycles. The van der Waals surface area contributed by atoms with Gasteiger partial charge < -0.3 is 30.4 Å². The first-order chi connectivity index (χ1) is 21.0. The normalized spacial score (nSPS) is 25.0. The van der Waals surface area contributed by atoms with Crippen LogP contribution in [0.3, 0.4) is 0 Å². The first-order valence-electron chi connectivity index (χ1n) is 14.9. The summed E-state index contributed by atoms with van der Waals surface area (Å²) >= 11 is 0. The van der Waals surface area contributed by atoms with Crippen LogP contribution < -0.4 is 10.6 Å². The molecule has 0 bridgehead atoms. The molecular weight excluding hydrogens is 576 g/mol. The standard InChI is InChI=1S/C34H38N4O7/c1-33(2,3)17-10-8-15(9-11-17)32-36-20-14-21(37(4)5)18-12-16-13-19-25(38(6)7)27(40)24(31(35)43)30(42)34(19,44)29(41)22(16)26(39)23(18)28(20)45-32/h8-11,14,16,19,25,39,42,44H,12-13H2,1-7H3,(H2,35,43)/t16-,19-,25-,34-/m0/s1. The predicted octanol–water partition coefficient (Wildman–Crippen LogP) is 3.43. The van der Waals surface area contributed by atoms with Gasteiger partial charge in [-0.25, -0.2) is 4.98 Å². The molecule has 1 amide bonds. The number of nitrogens with two attached hydrogens (primary N) is 1. The number of aliphatic hydroxyl groups excluding tert-OH is 2. The van der Waals surface area contributed by atoms with Crippen LogP contribution in [0.25, 0.3) is 28.3 Å². The Kier molecular flexibility index (Phi) is 6.80. The van der Waals surface area contributed by atoms with Crippen LogP contribution >= 0.6 is 0 Å². The van der Waals surface area contributed by atoms with Gasteiger partial charge in [-0.2, -0.15) is 0 Å². The number of amides is 1. The highest BCUT2D eigenvalue weighted by Gasteiger charge is 2.64. The number of ketones is 2. The van der Waals surface area contributed by atoms with Gasteiger partial charge >= 0.3 is 0 Å². The molecule has 11 nitrogen and oxygen atoms in total. The van der Waals surface area contributed by atoms with Crippen LogP contribution in [-0.2, 0) is 26.2 Å². The van der Waals surface area contributed by atoms with Gasteiger partial charge in [-0.15, -0.1) is 0 Å². The van der Waals surface area contributed by atoms with Crippen LogP contribution in [0.1, 0.15) is 43.9 Å². The van der Waals surface area contributed by atoms with Crippen molar-refractivity contribution < 1.29 is 34.1 Å². The minimum absolute atomic E-state index is 0.0380. The smallest absolute Gasteiger partial charge is 0.255 e. The maximum absolute atomic E-state index is 14.3. The van der Waals surface area contributed by atoms with Crippen LogP contribution in [0.2, 0.25) is 0 Å². The van der Waals surface area contributed by atoms with E-state index in [0.717, 1.165) is 22.4 Å². The van der Waals surface area contributed by atoms with Gasteiger partial charge in [0, 0.05) is 36.8 Å². The summed E-state index contributed by atoms with van der Waals surface area (Å²) in [6, 6.07) is 8.66. The Bertz CT molecular complexity index is 1860. The zero-order valence-corrected chi connectivity index (χ0v) is 26.4. The van der Waals surface area contributed by atoms with Gasteiger partial charge in [0.2, 0.25) is 11.7 Å². The van der Waals surface area contributed by atoms with Crippen molar-refractivity contribution in [1.82, 2.24) is 9.88 Å². The number of nitrogens with zero attached hydrogens (tertiary/aromatic N) is 3. The van der Waals surface area contributed by atoms with E-state index in [4.69, 9.17) is 15.1 Å². The van der Waals surface area contributed by atoms with Crippen molar-refractivity contribution >= 4 is 40.0 Å². The second kappa shape index (κ2) is 10.0. The number of rotatable bonds is 4. The fourth-order valence-corrected chi connectivity index (χ4v) is 7.32. The molecule has 0 aliphatic heterocycles. The fourth-order valence-electron chi connectivity index (χ4n) is 7.32. The number of carbonyl (C=O) groups is 3. The minimum atomic E-state index is -2.65. The van der Waals surface area contributed by atoms with Gasteiger partial charge in [-0.3, -0.25) is 19.3 Å². The lowest BCUT2D eigenvalue weighted by atomic mass is 9.57. The quantitative estimate of drug-likeness (QED) is 0.319. The van der Waals surface area contributed by atoms with Crippen molar-refractivity contribution in [3.8, 4) is 11.5 Å². The van der Waals surface area contributed by atoms with Gasteiger partial charge in [-0.1, -0.05) is 32.9 Å². The Morgan fingerprint density at radius 1 is 1.09 bits per heavy atom. The Balaban J connectivity index is 1.56. The van der Waals surface area contributed by atoms with E-state index in [9.17, 15) is 29.7 Å². The third kappa shape index (κ3) is 4.32. The summed E-state index contributed by atoms with van der Waals surface area (Å²) in [5.41, 5.74) is 6.23. The summed E-state index contributed by atoms with van der Waals surface area (Å²) in [6.07, 6.45) is 0.354. The number of anilines is 1. The van der Waals surface area contributed by atoms with E-state index in [0.29, 0.717) is 11.4 Å². The Morgan fingerprint density at radius 3 is 2.29 bits per heavy atom. The van der Waals surface area contributed by atoms with Gasteiger partial charge in [0.05, 0.1) is 11.6 Å². The van der Waals surface area contributed by atoms with Crippen LogP contribution in [-0.4, -0.2) is 82.5 Å². The molecule has 0 saturated heterocycles. The van der Waals surface area contributed by atoms with E-state index in [-0.39, 0.29) is 35.0 Å². The molecule has 45 heavy (non-hydrogen) atoms. The van der Waals surface area contributed by atoms with E-state index >= 15 is 0 Å². The predicted molar refractivity (Wildman–Crippen MR) is 169 cm³/mol. The number of Topliss-reactive ketones (excluding diaryl/α,β-unsaturated/α-hetero) is 2. The van der Waals surface area contributed by atoms with Gasteiger partial charge in [0.25, 0.3) is 5.91 Å². The Labute approximate surface area is 260 Å². The molecule has 11 heteroatoms. The lowest BCUT2D eigenvalue weighted by molar-refractivity contribution is -0.153. The van der Waals surface area contributed by atoms with Crippen molar-refractivity contribution in [2.45, 2.75) is 50.7 Å². The third-order valence-electron chi connectivity index (χ3n) is 9.56. The van der Waals surface area contributed by atoms with Crippen molar-refractivity contribution in [2.24, 2.45) is 17.6 Å². The second-order valence-corrected chi connectivity index (χ2v) is 13.8. The molecule has 6 rings (SSSR count). The lowest BCUT2D eigenvalue weighted by Crippen LogP contribution is -2.65. The van der Waals surface area contributed by atoms with E-state index < -0.39 is 58.0 Å². The molecule has 5 N–H and O–H groups in total. The molecule has 1 fully saturated rings. The number of fused-ring (bicyclic) bond motifs is 5. The summed E-state index contributed by atoms with van der Waals surface area (Å²) in [4.78, 5) is 48.0. The molecule has 3 aliphatic carbocycles. The number of benzene rings is 2. The summed E-state index contributed by atoms with van der Waals surface area (Å²) in [5, 5.41) is 35.0. The SMILES string of the molecule is CN(C)c1cc2nc(-c3ccc(C(C)(C)C)cc3)oc2c2c1C[C@H]1C[C@H]3[C@H](N(C)C)C(=O)C(C(N)=O)=C(O)[C@@]3(O)C(=O)C1=C2O. The number of carbonyl (C=O) groups excluding carboxylic acids is 3. The van der Waals surface area contributed by atoms with Gasteiger partial charge in [0.15, 0.2) is 17.0 Å². The molecule has 1 saturated carbocycles. The van der Waals surface area contributed by atoms with Crippen molar-refractivity contribution in [2.75, 3.05) is 33.1 Å². The monoisotopic (exact) mass is 614 g/mol. The summed E-state index contributed by atoms with van der Waals surface area (Å²) in [6.45, 7) is 6.38. The number of likely N-dealkylation sites (N-methyl/N-ethyl adjacent to an activating group) is 1.